The van der Waals surface area contributed by atoms with E-state index < -0.39 is 0 Å². The van der Waals surface area contributed by atoms with E-state index in [9.17, 15) is 0 Å². The van der Waals surface area contributed by atoms with Crippen molar-refractivity contribution in [3.63, 3.8) is 0 Å². The minimum absolute atomic E-state index is 0.367. The molecule has 0 saturated heterocycles. The van der Waals surface area contributed by atoms with Crippen molar-refractivity contribution in [3.05, 3.63) is 18.0 Å². The summed E-state index contributed by atoms with van der Waals surface area (Å²) in [6.45, 7) is 10.4. The standard InChI is InChI=1S/C19H35N5O/c1-4-20-19(22-12-13-24-15-16(3)14-23-24)21-11-10-18(25-5-2)17-8-6-7-9-17/h14-15,17-18H,4-13H2,1-3H3,(H2,20,21,22). The number of hydrogen-bond donors (Lipinski definition) is 2. The van der Waals surface area contributed by atoms with Gasteiger partial charge in [-0.2, -0.15) is 5.10 Å². The molecule has 1 unspecified atom stereocenters. The van der Waals surface area contributed by atoms with E-state index in [1.54, 1.807) is 0 Å². The SMILES string of the molecule is CCNC(=NCCC(OCC)C1CCCC1)NCCn1cc(C)cn1. The van der Waals surface area contributed by atoms with E-state index in [1.807, 2.05) is 10.9 Å². The Hall–Kier alpha value is -1.56. The summed E-state index contributed by atoms with van der Waals surface area (Å²) in [7, 11) is 0. The van der Waals surface area contributed by atoms with Gasteiger partial charge in [-0.15, -0.1) is 0 Å². The summed E-state index contributed by atoms with van der Waals surface area (Å²) in [6.07, 6.45) is 10.7. The smallest absolute Gasteiger partial charge is 0.191 e. The summed E-state index contributed by atoms with van der Waals surface area (Å²) in [6, 6.07) is 0. The number of aliphatic imine (C=N–C) groups is 1. The maximum absolute atomic E-state index is 5.99. The molecule has 1 atom stereocenters. The zero-order valence-electron chi connectivity index (χ0n) is 16.1. The highest BCUT2D eigenvalue weighted by molar-refractivity contribution is 5.79. The van der Waals surface area contributed by atoms with Crippen molar-refractivity contribution in [2.24, 2.45) is 10.9 Å². The number of nitrogens with one attached hydrogen (secondary N) is 2. The molecule has 0 aromatic carbocycles. The molecule has 0 radical (unpaired) electrons. The molecular formula is C19H35N5O. The molecule has 0 bridgehead atoms. The second-order valence-corrected chi connectivity index (χ2v) is 6.80. The van der Waals surface area contributed by atoms with Crippen LogP contribution in [0.2, 0.25) is 0 Å². The average Bonchev–Trinajstić information content (AvgIpc) is 3.26. The first-order valence-electron chi connectivity index (χ1n) is 9.85. The van der Waals surface area contributed by atoms with Crippen molar-refractivity contribution in [1.29, 1.82) is 0 Å². The number of aryl methyl sites for hydroxylation is 1. The average molecular weight is 350 g/mol. The van der Waals surface area contributed by atoms with Gasteiger partial charge in [0.05, 0.1) is 18.8 Å². The first-order chi connectivity index (χ1) is 12.2. The van der Waals surface area contributed by atoms with Crippen LogP contribution >= 0.6 is 0 Å². The first kappa shape index (κ1) is 19.8. The van der Waals surface area contributed by atoms with Crippen molar-refractivity contribution in [2.45, 2.75) is 65.5 Å². The lowest BCUT2D eigenvalue weighted by Crippen LogP contribution is -2.39. The number of hydrogen-bond acceptors (Lipinski definition) is 3. The molecule has 1 aliphatic rings. The second kappa shape index (κ2) is 11.1. The van der Waals surface area contributed by atoms with Gasteiger partial charge in [-0.05, 0) is 51.5 Å². The van der Waals surface area contributed by atoms with Gasteiger partial charge in [0.1, 0.15) is 0 Å². The molecule has 2 rings (SSSR count). The quantitative estimate of drug-likeness (QED) is 0.504. The van der Waals surface area contributed by atoms with E-state index >= 15 is 0 Å². The predicted octanol–water partition coefficient (Wildman–Crippen LogP) is 2.73. The zero-order valence-corrected chi connectivity index (χ0v) is 16.1. The topological polar surface area (TPSA) is 63.5 Å². The van der Waals surface area contributed by atoms with E-state index in [-0.39, 0.29) is 0 Å². The van der Waals surface area contributed by atoms with Crippen molar-refractivity contribution < 1.29 is 4.74 Å². The molecular weight excluding hydrogens is 314 g/mol. The Bertz CT molecular complexity index is 508. The van der Waals surface area contributed by atoms with Crippen molar-refractivity contribution >= 4 is 5.96 Å². The summed E-state index contributed by atoms with van der Waals surface area (Å²) < 4.78 is 7.94. The van der Waals surface area contributed by atoms with Gasteiger partial charge >= 0.3 is 0 Å². The minimum Gasteiger partial charge on any atom is -0.378 e. The van der Waals surface area contributed by atoms with Gasteiger partial charge in [0.15, 0.2) is 5.96 Å². The molecule has 0 aliphatic heterocycles. The van der Waals surface area contributed by atoms with Crippen molar-refractivity contribution in [1.82, 2.24) is 20.4 Å². The van der Waals surface area contributed by atoms with Gasteiger partial charge in [0, 0.05) is 32.4 Å². The summed E-state index contributed by atoms with van der Waals surface area (Å²) in [5.41, 5.74) is 1.19. The highest BCUT2D eigenvalue weighted by Crippen LogP contribution is 2.30. The van der Waals surface area contributed by atoms with Crippen LogP contribution in [0.15, 0.2) is 17.4 Å². The van der Waals surface area contributed by atoms with Gasteiger partial charge in [-0.25, -0.2) is 0 Å². The molecule has 1 fully saturated rings. The molecule has 0 spiro atoms. The fraction of sp³-hybridized carbons (Fsp3) is 0.789. The lowest BCUT2D eigenvalue weighted by molar-refractivity contribution is 0.0177. The maximum Gasteiger partial charge on any atom is 0.191 e. The Morgan fingerprint density at radius 2 is 2.16 bits per heavy atom. The minimum atomic E-state index is 0.367. The molecule has 142 valence electrons. The van der Waals surface area contributed by atoms with Crippen LogP contribution in [-0.4, -0.2) is 48.1 Å². The highest BCUT2D eigenvalue weighted by Gasteiger charge is 2.24. The van der Waals surface area contributed by atoms with Gasteiger partial charge in [-0.1, -0.05) is 12.8 Å². The highest BCUT2D eigenvalue weighted by atomic mass is 16.5. The van der Waals surface area contributed by atoms with Gasteiger partial charge in [0.25, 0.3) is 0 Å². The zero-order chi connectivity index (χ0) is 17.9. The molecule has 1 heterocycles. The van der Waals surface area contributed by atoms with Gasteiger partial charge in [-0.3, -0.25) is 9.67 Å². The van der Waals surface area contributed by atoms with E-state index in [4.69, 9.17) is 9.73 Å². The van der Waals surface area contributed by atoms with E-state index in [0.29, 0.717) is 6.10 Å². The fourth-order valence-electron chi connectivity index (χ4n) is 3.52. The normalized spacial score (nSPS) is 17.0. The van der Waals surface area contributed by atoms with Crippen molar-refractivity contribution in [2.75, 3.05) is 26.2 Å². The molecule has 0 amide bonds. The van der Waals surface area contributed by atoms with E-state index in [2.05, 4.69) is 42.7 Å². The number of nitrogens with zero attached hydrogens (tertiary/aromatic N) is 3. The Morgan fingerprint density at radius 3 is 2.80 bits per heavy atom. The maximum atomic E-state index is 5.99. The fourth-order valence-corrected chi connectivity index (χ4v) is 3.52. The Labute approximate surface area is 152 Å². The molecule has 6 heteroatoms. The van der Waals surface area contributed by atoms with Crippen LogP contribution in [0.3, 0.4) is 0 Å². The predicted molar refractivity (Wildman–Crippen MR) is 103 cm³/mol. The number of rotatable bonds is 10. The van der Waals surface area contributed by atoms with Crippen LogP contribution in [0.5, 0.6) is 0 Å². The Balaban J connectivity index is 1.76. The molecule has 25 heavy (non-hydrogen) atoms. The van der Waals surface area contributed by atoms with Crippen LogP contribution in [0.25, 0.3) is 0 Å². The summed E-state index contributed by atoms with van der Waals surface area (Å²) in [5, 5.41) is 11.0. The molecule has 1 aromatic rings. The molecule has 1 aromatic heterocycles. The Morgan fingerprint density at radius 1 is 1.36 bits per heavy atom. The molecule has 2 N–H and O–H groups in total. The van der Waals surface area contributed by atoms with Crippen molar-refractivity contribution in [3.8, 4) is 0 Å². The number of ether oxygens (including phenoxy) is 1. The first-order valence-corrected chi connectivity index (χ1v) is 9.85. The third-order valence-corrected chi connectivity index (χ3v) is 4.73. The molecule has 1 aliphatic carbocycles. The number of aromatic nitrogens is 2. The third kappa shape index (κ3) is 7.06. The molecule has 1 saturated carbocycles. The lowest BCUT2D eigenvalue weighted by atomic mass is 9.98. The van der Waals surface area contributed by atoms with Crippen LogP contribution in [0, 0.1) is 12.8 Å². The lowest BCUT2D eigenvalue weighted by Gasteiger charge is -2.22. The van der Waals surface area contributed by atoms with Crippen LogP contribution in [-0.2, 0) is 11.3 Å². The summed E-state index contributed by atoms with van der Waals surface area (Å²) in [5.74, 6) is 1.61. The molecule has 6 nitrogen and oxygen atoms in total. The van der Waals surface area contributed by atoms with Gasteiger partial charge < -0.3 is 15.4 Å². The number of guanidine groups is 1. The second-order valence-electron chi connectivity index (χ2n) is 6.80. The summed E-state index contributed by atoms with van der Waals surface area (Å²) >= 11 is 0. The van der Waals surface area contributed by atoms with Gasteiger partial charge in [0.2, 0.25) is 0 Å². The monoisotopic (exact) mass is 349 g/mol. The third-order valence-electron chi connectivity index (χ3n) is 4.73. The Kier molecular flexibility index (Phi) is 8.80. The van der Waals surface area contributed by atoms with E-state index in [0.717, 1.165) is 51.1 Å². The van der Waals surface area contributed by atoms with E-state index in [1.165, 1.54) is 31.2 Å². The van der Waals surface area contributed by atoms with Crippen LogP contribution < -0.4 is 10.6 Å². The summed E-state index contributed by atoms with van der Waals surface area (Å²) in [4.78, 5) is 4.73. The van der Waals surface area contributed by atoms with Crippen LogP contribution in [0.4, 0.5) is 0 Å². The largest absolute Gasteiger partial charge is 0.378 e. The van der Waals surface area contributed by atoms with Crippen LogP contribution in [0.1, 0.15) is 51.5 Å².